The fraction of sp³-hybridized carbons (Fsp3) is 1.00. The van der Waals surface area contributed by atoms with Gasteiger partial charge in [0.15, 0.2) is 9.03 Å². The molecule has 0 saturated heterocycles. The first-order valence-corrected chi connectivity index (χ1v) is 13.8. The molecule has 0 aliphatic carbocycles. The maximum Gasteiger partial charge on any atom is 0.194 e. The van der Waals surface area contributed by atoms with E-state index in [2.05, 4.69) is 24.0 Å². The molecule has 28 heavy (non-hydrogen) atoms. The summed E-state index contributed by atoms with van der Waals surface area (Å²) in [5, 5.41) is 2.99. The standard InChI is InChI=1S/C22H48NO3PS/c1-3-4-5-6-7-8-9-10-11-12-13-14-15-16-21-28-22-17-19-25-27-26-24-20-18-23-2/h23,27H,3-22H2,1-2H3. The molecular formula is C22H48NO3PS. The quantitative estimate of drug-likeness (QED) is 0.0703. The molecule has 0 fully saturated rings. The molecule has 1 atom stereocenters. The summed E-state index contributed by atoms with van der Waals surface area (Å²) in [5.74, 6) is 2.48. The predicted octanol–water partition coefficient (Wildman–Crippen LogP) is 7.28. The lowest BCUT2D eigenvalue weighted by Crippen LogP contribution is -2.13. The Hall–Kier alpha value is 0.620. The Balaban J connectivity index is 2.96. The van der Waals surface area contributed by atoms with Crippen molar-refractivity contribution in [3.63, 3.8) is 0 Å². The van der Waals surface area contributed by atoms with Gasteiger partial charge < -0.3 is 9.84 Å². The van der Waals surface area contributed by atoms with E-state index in [9.17, 15) is 0 Å². The number of hydrogen-bond donors (Lipinski definition) is 1. The molecule has 0 aromatic heterocycles. The molecule has 0 spiro atoms. The Bertz CT molecular complexity index is 250. The van der Waals surface area contributed by atoms with E-state index in [4.69, 9.17) is 14.1 Å². The lowest BCUT2D eigenvalue weighted by molar-refractivity contribution is -0.200. The van der Waals surface area contributed by atoms with Gasteiger partial charge in [-0.1, -0.05) is 90.4 Å². The van der Waals surface area contributed by atoms with Gasteiger partial charge in [-0.2, -0.15) is 16.4 Å². The van der Waals surface area contributed by atoms with Crippen molar-refractivity contribution in [1.82, 2.24) is 5.32 Å². The second kappa shape index (κ2) is 27.6. The smallest absolute Gasteiger partial charge is 0.194 e. The monoisotopic (exact) mass is 437 g/mol. The summed E-state index contributed by atoms with van der Waals surface area (Å²) in [5.41, 5.74) is 0. The second-order valence-corrected chi connectivity index (χ2v) is 9.35. The van der Waals surface area contributed by atoms with Crippen LogP contribution in [0, 0.1) is 0 Å². The van der Waals surface area contributed by atoms with Gasteiger partial charge in [0, 0.05) is 6.54 Å². The highest BCUT2D eigenvalue weighted by Crippen LogP contribution is 2.16. The number of hydrogen-bond acceptors (Lipinski definition) is 5. The van der Waals surface area contributed by atoms with E-state index < -0.39 is 0 Å². The fourth-order valence-electron chi connectivity index (χ4n) is 3.01. The minimum atomic E-state index is -0.00520. The molecule has 0 aliphatic rings. The molecular weight excluding hydrogens is 389 g/mol. The number of nitrogens with one attached hydrogen (secondary N) is 1. The van der Waals surface area contributed by atoms with E-state index in [0.717, 1.165) is 19.6 Å². The van der Waals surface area contributed by atoms with E-state index in [1.54, 1.807) is 0 Å². The highest BCUT2D eigenvalue weighted by Gasteiger charge is 1.96. The largest absolute Gasteiger partial charge is 0.334 e. The normalized spacial score (nSPS) is 11.8. The minimum absolute atomic E-state index is 0.00520. The maximum absolute atomic E-state index is 5.39. The second-order valence-electron chi connectivity index (χ2n) is 7.50. The summed E-state index contributed by atoms with van der Waals surface area (Å²) in [6.07, 6.45) is 21.2. The van der Waals surface area contributed by atoms with Crippen LogP contribution in [0.15, 0.2) is 0 Å². The molecule has 0 aromatic carbocycles. The third-order valence-electron chi connectivity index (χ3n) is 4.76. The lowest BCUT2D eigenvalue weighted by Gasteiger charge is -2.05. The zero-order chi connectivity index (χ0) is 20.4. The van der Waals surface area contributed by atoms with Crippen molar-refractivity contribution in [2.24, 2.45) is 0 Å². The molecule has 1 N–H and O–H groups in total. The van der Waals surface area contributed by atoms with Crippen LogP contribution in [0.25, 0.3) is 0 Å². The zero-order valence-electron chi connectivity index (χ0n) is 18.8. The SMILES string of the molecule is CCCCCCCCCCCCCCCCSCCCOPOOCCNC. The highest BCUT2D eigenvalue weighted by atomic mass is 32.2. The zero-order valence-corrected chi connectivity index (χ0v) is 20.6. The molecule has 0 amide bonds. The minimum Gasteiger partial charge on any atom is -0.334 e. The molecule has 170 valence electrons. The van der Waals surface area contributed by atoms with Crippen LogP contribution < -0.4 is 5.32 Å². The first-order valence-electron chi connectivity index (χ1n) is 11.8. The van der Waals surface area contributed by atoms with Crippen LogP contribution in [0.2, 0.25) is 0 Å². The summed E-state index contributed by atoms with van der Waals surface area (Å²) in [6.45, 7) is 4.40. The summed E-state index contributed by atoms with van der Waals surface area (Å²) < 4.78 is 10.3. The Morgan fingerprint density at radius 1 is 0.679 bits per heavy atom. The van der Waals surface area contributed by atoms with Crippen molar-refractivity contribution >= 4 is 20.8 Å². The Labute approximate surface area is 181 Å². The molecule has 6 heteroatoms. The summed E-state index contributed by atoms with van der Waals surface area (Å²) in [7, 11) is 1.88. The average Bonchev–Trinajstić information content (AvgIpc) is 2.71. The van der Waals surface area contributed by atoms with Gasteiger partial charge in [0.05, 0.1) is 13.2 Å². The van der Waals surface area contributed by atoms with Crippen LogP contribution in [0.3, 0.4) is 0 Å². The van der Waals surface area contributed by atoms with E-state index in [0.29, 0.717) is 6.61 Å². The summed E-state index contributed by atoms with van der Waals surface area (Å²) in [6, 6.07) is 0. The van der Waals surface area contributed by atoms with Gasteiger partial charge in [-0.25, -0.2) is 4.89 Å². The van der Waals surface area contributed by atoms with Crippen molar-refractivity contribution in [2.75, 3.05) is 38.3 Å². The third kappa shape index (κ3) is 26.6. The van der Waals surface area contributed by atoms with E-state index in [1.807, 2.05) is 7.05 Å². The molecule has 0 saturated carbocycles. The Kier molecular flexibility index (Phi) is 28.2. The van der Waals surface area contributed by atoms with Gasteiger partial charge >= 0.3 is 0 Å². The van der Waals surface area contributed by atoms with Gasteiger partial charge in [0.25, 0.3) is 0 Å². The van der Waals surface area contributed by atoms with Crippen LogP contribution in [0.1, 0.15) is 103 Å². The van der Waals surface area contributed by atoms with E-state index in [-0.39, 0.29) is 9.03 Å². The van der Waals surface area contributed by atoms with E-state index >= 15 is 0 Å². The molecule has 4 nitrogen and oxygen atoms in total. The average molecular weight is 438 g/mol. The fourth-order valence-corrected chi connectivity index (χ4v) is 4.35. The van der Waals surface area contributed by atoms with Crippen LogP contribution in [0.5, 0.6) is 0 Å². The first-order chi connectivity index (χ1) is 13.9. The lowest BCUT2D eigenvalue weighted by atomic mass is 10.0. The molecule has 0 rings (SSSR count). The van der Waals surface area contributed by atoms with E-state index in [1.165, 1.54) is 101 Å². The first kappa shape index (κ1) is 28.6. The van der Waals surface area contributed by atoms with Crippen molar-refractivity contribution < 1.29 is 14.1 Å². The number of likely N-dealkylation sites (N-methyl/N-ethyl adjacent to an activating group) is 1. The number of rotatable bonds is 25. The van der Waals surface area contributed by atoms with Crippen molar-refractivity contribution in [2.45, 2.75) is 103 Å². The molecule has 0 aliphatic heterocycles. The van der Waals surface area contributed by atoms with Gasteiger partial charge in [0.2, 0.25) is 0 Å². The van der Waals surface area contributed by atoms with Gasteiger partial charge in [-0.05, 0) is 31.4 Å². The van der Waals surface area contributed by atoms with Crippen LogP contribution in [-0.2, 0) is 14.1 Å². The van der Waals surface area contributed by atoms with Crippen LogP contribution in [-0.4, -0.2) is 38.3 Å². The molecule has 0 bridgehead atoms. The van der Waals surface area contributed by atoms with Gasteiger partial charge in [-0.3, -0.25) is 0 Å². The number of unbranched alkanes of at least 4 members (excludes halogenated alkanes) is 13. The Morgan fingerprint density at radius 3 is 1.79 bits per heavy atom. The third-order valence-corrected chi connectivity index (χ3v) is 6.43. The molecule has 1 unspecified atom stereocenters. The van der Waals surface area contributed by atoms with Crippen molar-refractivity contribution in [3.8, 4) is 0 Å². The molecule has 0 heterocycles. The van der Waals surface area contributed by atoms with Gasteiger partial charge in [-0.15, -0.1) is 0 Å². The van der Waals surface area contributed by atoms with Gasteiger partial charge in [0.1, 0.15) is 0 Å². The van der Waals surface area contributed by atoms with Crippen molar-refractivity contribution in [3.05, 3.63) is 0 Å². The van der Waals surface area contributed by atoms with Crippen LogP contribution in [0.4, 0.5) is 0 Å². The summed E-state index contributed by atoms with van der Waals surface area (Å²) in [4.78, 5) is 4.93. The number of thioether (sulfide) groups is 1. The predicted molar refractivity (Wildman–Crippen MR) is 127 cm³/mol. The molecule has 0 aromatic rings. The highest BCUT2D eigenvalue weighted by molar-refractivity contribution is 7.99. The molecule has 0 radical (unpaired) electrons. The maximum atomic E-state index is 5.39. The topological polar surface area (TPSA) is 39.7 Å². The van der Waals surface area contributed by atoms with Crippen molar-refractivity contribution in [1.29, 1.82) is 0 Å². The Morgan fingerprint density at radius 2 is 1.21 bits per heavy atom. The summed E-state index contributed by atoms with van der Waals surface area (Å²) >= 11 is 2.06. The van der Waals surface area contributed by atoms with Crippen LogP contribution >= 0.6 is 20.8 Å².